The normalized spacial score (nSPS) is 16.7. The van der Waals surface area contributed by atoms with Gasteiger partial charge in [-0.2, -0.15) is 5.10 Å². The molecule has 2 aromatic heterocycles. The topological polar surface area (TPSA) is 111 Å². The molecule has 3 heterocycles. The van der Waals surface area contributed by atoms with Crippen molar-refractivity contribution in [2.24, 2.45) is 0 Å². The highest BCUT2D eigenvalue weighted by molar-refractivity contribution is 7.91. The summed E-state index contributed by atoms with van der Waals surface area (Å²) in [5.74, 6) is -0.273. The van der Waals surface area contributed by atoms with E-state index in [-0.39, 0.29) is 29.2 Å². The maximum absolute atomic E-state index is 13.6. The number of amides is 1. The van der Waals surface area contributed by atoms with Crippen LogP contribution in [0.3, 0.4) is 0 Å². The number of pyridine rings is 1. The van der Waals surface area contributed by atoms with Crippen molar-refractivity contribution in [2.45, 2.75) is 39.7 Å². The molecule has 0 bridgehead atoms. The molecule has 1 unspecified atom stereocenters. The van der Waals surface area contributed by atoms with Crippen LogP contribution in [-0.4, -0.2) is 46.4 Å². The summed E-state index contributed by atoms with van der Waals surface area (Å²) in [6.45, 7) is 5.38. The van der Waals surface area contributed by atoms with Crippen LogP contribution in [0.4, 0.5) is 5.69 Å². The van der Waals surface area contributed by atoms with Gasteiger partial charge in [-0.3, -0.25) is 9.59 Å². The largest absolute Gasteiger partial charge is 0.322 e. The maximum Gasteiger partial charge on any atom is 0.256 e. The van der Waals surface area contributed by atoms with Crippen LogP contribution < -0.4 is 5.32 Å². The second-order valence-electron chi connectivity index (χ2n) is 9.48. The van der Waals surface area contributed by atoms with Gasteiger partial charge in [-0.05, 0) is 62.6 Å². The molecular formula is C28H28N4O4S. The van der Waals surface area contributed by atoms with E-state index >= 15 is 0 Å². The first-order valence-corrected chi connectivity index (χ1v) is 14.1. The highest BCUT2D eigenvalue weighted by atomic mass is 32.2. The summed E-state index contributed by atoms with van der Waals surface area (Å²) in [6.07, 6.45) is 1.37. The Balaban J connectivity index is 1.63. The smallest absolute Gasteiger partial charge is 0.256 e. The first-order chi connectivity index (χ1) is 17.6. The highest BCUT2D eigenvalue weighted by Gasteiger charge is 2.32. The Labute approximate surface area is 215 Å². The minimum absolute atomic E-state index is 0.00432. The van der Waals surface area contributed by atoms with Crippen LogP contribution in [0.15, 0.2) is 54.6 Å². The zero-order valence-electron chi connectivity index (χ0n) is 21.0. The van der Waals surface area contributed by atoms with Gasteiger partial charge in [0.1, 0.15) is 0 Å². The van der Waals surface area contributed by atoms with Gasteiger partial charge in [0.25, 0.3) is 5.91 Å². The molecule has 1 saturated heterocycles. The van der Waals surface area contributed by atoms with Crippen molar-refractivity contribution >= 4 is 38.2 Å². The molecule has 0 radical (unpaired) electrons. The number of rotatable bonds is 6. The average molecular weight is 517 g/mol. The Bertz CT molecular complexity index is 1620. The molecule has 0 aliphatic carbocycles. The summed E-state index contributed by atoms with van der Waals surface area (Å²) in [5.41, 5.74) is 5.27. The number of hydrogen-bond acceptors (Lipinski definition) is 6. The number of anilines is 1. The third kappa shape index (κ3) is 4.91. The Morgan fingerprint density at radius 3 is 2.38 bits per heavy atom. The van der Waals surface area contributed by atoms with Crippen LogP contribution in [0.2, 0.25) is 0 Å². The van der Waals surface area contributed by atoms with E-state index in [1.807, 2.05) is 24.3 Å². The van der Waals surface area contributed by atoms with Gasteiger partial charge in [0.15, 0.2) is 21.3 Å². The molecule has 1 aliphatic rings. The molecular weight excluding hydrogens is 488 g/mol. The van der Waals surface area contributed by atoms with E-state index in [0.29, 0.717) is 45.7 Å². The van der Waals surface area contributed by atoms with Crippen molar-refractivity contribution in [1.29, 1.82) is 0 Å². The molecule has 4 aromatic rings. The summed E-state index contributed by atoms with van der Waals surface area (Å²) >= 11 is 0. The number of aromatic nitrogens is 3. The molecule has 37 heavy (non-hydrogen) atoms. The van der Waals surface area contributed by atoms with E-state index < -0.39 is 9.84 Å². The van der Waals surface area contributed by atoms with Crippen LogP contribution >= 0.6 is 0 Å². The minimum Gasteiger partial charge on any atom is -0.322 e. The Hall–Kier alpha value is -3.85. The number of nitrogens with zero attached hydrogens (tertiary/aromatic N) is 3. The molecule has 1 aliphatic heterocycles. The van der Waals surface area contributed by atoms with Gasteiger partial charge in [0.2, 0.25) is 0 Å². The maximum atomic E-state index is 13.6. The number of hydrogen-bond donors (Lipinski definition) is 1. The highest BCUT2D eigenvalue weighted by Crippen LogP contribution is 2.32. The van der Waals surface area contributed by atoms with Crippen molar-refractivity contribution < 1.29 is 18.0 Å². The van der Waals surface area contributed by atoms with Gasteiger partial charge in [0, 0.05) is 16.8 Å². The van der Waals surface area contributed by atoms with Crippen molar-refractivity contribution in [1.82, 2.24) is 14.8 Å². The molecule has 1 fully saturated rings. The van der Waals surface area contributed by atoms with Crippen LogP contribution in [0.1, 0.15) is 58.3 Å². The number of fused-ring (bicyclic) bond motifs is 1. The predicted molar refractivity (Wildman–Crippen MR) is 144 cm³/mol. The lowest BCUT2D eigenvalue weighted by molar-refractivity contribution is 0.101. The molecule has 9 heteroatoms. The summed E-state index contributed by atoms with van der Waals surface area (Å²) < 4.78 is 26.1. The van der Waals surface area contributed by atoms with E-state index in [2.05, 4.69) is 17.3 Å². The predicted octanol–water partition coefficient (Wildman–Crippen LogP) is 4.78. The second kappa shape index (κ2) is 9.55. The first kappa shape index (κ1) is 24.8. The number of nitrogens with one attached hydrogen (secondary N) is 1. The Morgan fingerprint density at radius 2 is 1.78 bits per heavy atom. The minimum atomic E-state index is -3.14. The number of Topliss-reactive ketones (excluding diaryl/α,β-unsaturated/α-hetero) is 1. The number of carbonyl (C=O) groups excluding carboxylic acids is 2. The lowest BCUT2D eigenvalue weighted by atomic mass is 10.0. The lowest BCUT2D eigenvalue weighted by Crippen LogP contribution is -2.15. The number of carbonyl (C=O) groups is 2. The van der Waals surface area contributed by atoms with Crippen molar-refractivity contribution in [2.75, 3.05) is 16.8 Å². The number of benzene rings is 2. The summed E-state index contributed by atoms with van der Waals surface area (Å²) in [4.78, 5) is 30.1. The van der Waals surface area contributed by atoms with Gasteiger partial charge in [-0.1, -0.05) is 31.2 Å². The number of sulfone groups is 1. The molecule has 1 atom stereocenters. The van der Waals surface area contributed by atoms with Crippen LogP contribution in [-0.2, 0) is 16.3 Å². The quantitative estimate of drug-likeness (QED) is 0.369. The molecule has 5 rings (SSSR count). The van der Waals surface area contributed by atoms with Crippen LogP contribution in [0, 0.1) is 6.92 Å². The zero-order valence-corrected chi connectivity index (χ0v) is 21.8. The molecule has 8 nitrogen and oxygen atoms in total. The van der Waals surface area contributed by atoms with E-state index in [0.717, 1.165) is 12.0 Å². The van der Waals surface area contributed by atoms with E-state index in [9.17, 15) is 18.0 Å². The Kier molecular flexibility index (Phi) is 6.41. The third-order valence-electron chi connectivity index (χ3n) is 6.84. The standard InChI is InChI=1S/C28H28N4O4S/c1-4-19-5-7-21(8-6-19)25-15-24(28(34)29-22-11-9-20(10-12-22)18(3)33)26-17(2)31-32(27(26)30-25)23-13-14-37(35,36)16-23/h5-12,15,23H,4,13-14,16H2,1-3H3,(H,29,34). The molecule has 0 saturated carbocycles. The number of ketones is 1. The zero-order chi connectivity index (χ0) is 26.3. The third-order valence-corrected chi connectivity index (χ3v) is 8.59. The first-order valence-electron chi connectivity index (χ1n) is 12.3. The van der Waals surface area contributed by atoms with E-state index in [1.165, 1.54) is 12.5 Å². The summed E-state index contributed by atoms with van der Waals surface area (Å²) in [6, 6.07) is 16.2. The van der Waals surface area contributed by atoms with Gasteiger partial charge in [-0.25, -0.2) is 18.1 Å². The number of aryl methyl sites for hydroxylation is 2. The fraction of sp³-hybridized carbons (Fsp3) is 0.286. The fourth-order valence-corrected chi connectivity index (χ4v) is 6.45. The van der Waals surface area contributed by atoms with Crippen molar-refractivity contribution in [3.63, 3.8) is 0 Å². The summed E-state index contributed by atoms with van der Waals surface area (Å²) in [5, 5.41) is 8.17. The molecule has 2 aromatic carbocycles. The molecule has 1 amide bonds. The van der Waals surface area contributed by atoms with Crippen LogP contribution in [0.5, 0.6) is 0 Å². The van der Waals surface area contributed by atoms with Crippen molar-refractivity contribution in [3.05, 3.63) is 77.0 Å². The SMILES string of the molecule is CCc1ccc(-c2cc(C(=O)Nc3ccc(C(C)=O)cc3)c3c(C)nn(C4CCS(=O)(=O)C4)c3n2)cc1. The fourth-order valence-electron chi connectivity index (χ4n) is 4.76. The lowest BCUT2D eigenvalue weighted by Gasteiger charge is -2.13. The monoisotopic (exact) mass is 516 g/mol. The molecule has 0 spiro atoms. The second-order valence-corrected chi connectivity index (χ2v) is 11.7. The molecule has 190 valence electrons. The van der Waals surface area contributed by atoms with Gasteiger partial charge >= 0.3 is 0 Å². The van der Waals surface area contributed by atoms with E-state index in [4.69, 9.17) is 4.98 Å². The van der Waals surface area contributed by atoms with E-state index in [1.54, 1.807) is 41.9 Å². The van der Waals surface area contributed by atoms with Crippen LogP contribution in [0.25, 0.3) is 22.3 Å². The molecule has 1 N–H and O–H groups in total. The van der Waals surface area contributed by atoms with Crippen molar-refractivity contribution in [3.8, 4) is 11.3 Å². The summed E-state index contributed by atoms with van der Waals surface area (Å²) in [7, 11) is -3.14. The van der Waals surface area contributed by atoms with Gasteiger partial charge < -0.3 is 5.32 Å². The Morgan fingerprint density at radius 1 is 1.08 bits per heavy atom. The average Bonchev–Trinajstić information content (AvgIpc) is 3.42. The van der Waals surface area contributed by atoms with Gasteiger partial charge in [-0.15, -0.1) is 0 Å². The van der Waals surface area contributed by atoms with Gasteiger partial charge in [0.05, 0.1) is 39.9 Å².